The van der Waals surface area contributed by atoms with Crippen LogP contribution in [0, 0.1) is 5.92 Å². The molecule has 1 fully saturated rings. The van der Waals surface area contributed by atoms with E-state index in [0.717, 1.165) is 29.3 Å². The molecule has 1 unspecified atom stereocenters. The van der Waals surface area contributed by atoms with Crippen LogP contribution >= 0.6 is 29.4 Å². The topological polar surface area (TPSA) is 17.1 Å². The van der Waals surface area contributed by atoms with Crippen LogP contribution in [0.3, 0.4) is 0 Å². The van der Waals surface area contributed by atoms with Gasteiger partial charge in [-0.3, -0.25) is 4.79 Å². The molecule has 19 heavy (non-hydrogen) atoms. The summed E-state index contributed by atoms with van der Waals surface area (Å²) < 4.78 is 14.7. The minimum absolute atomic E-state index is 0. The second kappa shape index (κ2) is 6.40. The molecule has 0 aromatic heterocycles. The molecule has 1 saturated carbocycles. The maximum Gasteiger partial charge on any atom is 0.172 e. The fourth-order valence-electron chi connectivity index (χ4n) is 2.55. The van der Waals surface area contributed by atoms with Crippen LogP contribution in [0.1, 0.15) is 43.7 Å². The third-order valence-corrected chi connectivity index (χ3v) is 4.48. The summed E-state index contributed by atoms with van der Waals surface area (Å²) in [5.74, 6) is -0.355. The lowest BCUT2D eigenvalue weighted by molar-refractivity contribution is -0.129. The van der Waals surface area contributed by atoms with Gasteiger partial charge in [-0.15, -0.1) is 0 Å². The fraction of sp³-hybridized carbons (Fsp3) is 0.533. The van der Waals surface area contributed by atoms with Crippen molar-refractivity contribution in [3.05, 3.63) is 35.4 Å². The molecule has 0 radical (unpaired) electrons. The quantitative estimate of drug-likeness (QED) is 0.717. The number of halogens is 2. The second-order valence-corrected chi connectivity index (χ2v) is 5.89. The van der Waals surface area contributed by atoms with Gasteiger partial charge in [0.2, 0.25) is 0 Å². The Morgan fingerprint density at radius 3 is 2.63 bits per heavy atom. The highest BCUT2D eigenvalue weighted by molar-refractivity contribution is 9.08. The molecule has 1 aliphatic rings. The van der Waals surface area contributed by atoms with E-state index in [9.17, 15) is 9.18 Å². The van der Waals surface area contributed by atoms with E-state index < -0.39 is 5.67 Å². The maximum atomic E-state index is 14.7. The summed E-state index contributed by atoms with van der Waals surface area (Å²) in [6.45, 7) is 2.78. The summed E-state index contributed by atoms with van der Waals surface area (Å²) in [5.41, 5.74) is 0.318. The lowest BCUT2D eigenvalue weighted by atomic mass is 9.78. The molecular weight excluding hydrogens is 327 g/mol. The molecule has 4 heteroatoms. The highest BCUT2D eigenvalue weighted by atomic mass is 79.9. The van der Waals surface area contributed by atoms with Gasteiger partial charge >= 0.3 is 0 Å². The number of Topliss-reactive ketones (excluding diaryl/α,β-unsaturated/α-hetero) is 1. The van der Waals surface area contributed by atoms with Crippen molar-refractivity contribution in [3.8, 4) is 0 Å². The normalized spacial score (nSPS) is 19.2. The summed E-state index contributed by atoms with van der Waals surface area (Å²) in [4.78, 5) is 11.6. The lowest BCUT2D eigenvalue weighted by Crippen LogP contribution is -2.36. The van der Waals surface area contributed by atoms with E-state index in [1.165, 1.54) is 13.8 Å². The van der Waals surface area contributed by atoms with E-state index in [2.05, 4.69) is 15.9 Å². The molecule has 2 atom stereocenters. The second-order valence-electron chi connectivity index (χ2n) is 5.33. The fourth-order valence-corrected chi connectivity index (χ4v) is 2.89. The minimum Gasteiger partial charge on any atom is -0.296 e. The van der Waals surface area contributed by atoms with Crippen LogP contribution in [-0.4, -0.2) is 11.5 Å². The first kappa shape index (κ1) is 16.7. The number of ketones is 1. The monoisotopic (exact) mass is 346 g/mol. The zero-order chi connectivity index (χ0) is 13.3. The highest BCUT2D eigenvalue weighted by Crippen LogP contribution is 2.50. The zero-order valence-electron chi connectivity index (χ0n) is 11.2. The van der Waals surface area contributed by atoms with Crippen LogP contribution in [0.15, 0.2) is 24.3 Å². The summed E-state index contributed by atoms with van der Waals surface area (Å²) in [7, 11) is 0. The van der Waals surface area contributed by atoms with Gasteiger partial charge in [0.05, 0.1) is 0 Å². The number of alkyl halides is 2. The molecule has 2 rings (SSSR count). The van der Waals surface area contributed by atoms with Crippen molar-refractivity contribution in [1.29, 1.82) is 0 Å². The Balaban J connectivity index is 0.00000180. The zero-order valence-corrected chi connectivity index (χ0v) is 13.8. The van der Waals surface area contributed by atoms with Crippen molar-refractivity contribution < 1.29 is 9.18 Å². The van der Waals surface area contributed by atoms with Crippen LogP contribution < -0.4 is 0 Å². The van der Waals surface area contributed by atoms with Gasteiger partial charge in [0.15, 0.2) is 11.5 Å². The number of benzene rings is 1. The largest absolute Gasteiger partial charge is 0.296 e. The molecule has 0 spiro atoms. The van der Waals surface area contributed by atoms with E-state index in [0.29, 0.717) is 5.92 Å². The first-order valence-electron chi connectivity index (χ1n) is 6.31. The number of hydrogen-bond donors (Lipinski definition) is 0. The third kappa shape index (κ3) is 3.60. The molecule has 0 bridgehead atoms. The van der Waals surface area contributed by atoms with Gasteiger partial charge in [-0.25, -0.2) is 4.39 Å². The molecule has 0 N–H and O–H groups in total. The Labute approximate surface area is 129 Å². The number of rotatable bonds is 5. The molecule has 0 amide bonds. The van der Waals surface area contributed by atoms with E-state index in [4.69, 9.17) is 0 Å². The molecule has 1 aromatic carbocycles. The van der Waals surface area contributed by atoms with Crippen molar-refractivity contribution in [3.63, 3.8) is 0 Å². The van der Waals surface area contributed by atoms with E-state index in [1.807, 2.05) is 24.3 Å². The van der Waals surface area contributed by atoms with Crippen LogP contribution in [0.4, 0.5) is 4.39 Å². The van der Waals surface area contributed by atoms with Crippen molar-refractivity contribution in [2.75, 3.05) is 0 Å². The van der Waals surface area contributed by atoms with Crippen LogP contribution in [0.2, 0.25) is 0 Å². The van der Waals surface area contributed by atoms with Crippen LogP contribution in [0.5, 0.6) is 0 Å². The first-order chi connectivity index (χ1) is 8.46. The maximum absolute atomic E-state index is 14.7. The number of hydrogen-bond acceptors (Lipinski definition) is 1. The average molecular weight is 347 g/mol. The van der Waals surface area contributed by atoms with Gasteiger partial charge in [0.25, 0.3) is 0 Å². The first-order valence-corrected chi connectivity index (χ1v) is 7.43. The van der Waals surface area contributed by atoms with Gasteiger partial charge in [-0.2, -0.15) is 13.5 Å². The third-order valence-electron chi connectivity index (χ3n) is 3.83. The summed E-state index contributed by atoms with van der Waals surface area (Å²) in [6.07, 6.45) is 2.05. The average Bonchev–Trinajstić information content (AvgIpc) is 3.13. The van der Waals surface area contributed by atoms with E-state index in [-0.39, 0.29) is 25.2 Å². The van der Waals surface area contributed by atoms with Gasteiger partial charge in [0.1, 0.15) is 0 Å². The van der Waals surface area contributed by atoms with E-state index >= 15 is 0 Å². The predicted octanol–water partition coefficient (Wildman–Crippen LogP) is 4.51. The lowest BCUT2D eigenvalue weighted by Gasteiger charge is -2.29. The van der Waals surface area contributed by atoms with Gasteiger partial charge in [0, 0.05) is 11.2 Å². The molecule has 1 nitrogen and oxygen atoms in total. The Bertz CT molecular complexity index is 457. The summed E-state index contributed by atoms with van der Waals surface area (Å²) in [6, 6.07) is 7.90. The number of carbonyl (C=O) groups is 1. The Morgan fingerprint density at radius 2 is 2.16 bits per heavy atom. The van der Waals surface area contributed by atoms with Crippen LogP contribution in [0.25, 0.3) is 0 Å². The molecule has 1 aromatic rings. The Kier molecular flexibility index (Phi) is 5.63. The highest BCUT2D eigenvalue weighted by Gasteiger charge is 2.48. The van der Waals surface area contributed by atoms with E-state index in [1.54, 1.807) is 0 Å². The standard InChI is InChI=1S/C15H18BrFO.H2S/c1-10(18)15(2,17)14(12-6-7-12)13-5-3-4-11(8-13)9-16;/h3-5,8,12,14H,6-7,9H2,1-2H3;1H2/t14-,15?;/m0./s1. The molecule has 0 heterocycles. The summed E-state index contributed by atoms with van der Waals surface area (Å²) >= 11 is 3.41. The number of carbonyl (C=O) groups excluding carboxylic acids is 1. The molecule has 0 aliphatic heterocycles. The minimum atomic E-state index is -1.76. The smallest absolute Gasteiger partial charge is 0.172 e. The Hall–Kier alpha value is -0.350. The molecule has 0 saturated heterocycles. The van der Waals surface area contributed by atoms with Gasteiger partial charge < -0.3 is 0 Å². The van der Waals surface area contributed by atoms with Crippen molar-refractivity contribution in [1.82, 2.24) is 0 Å². The predicted molar refractivity (Wildman–Crippen MR) is 85.1 cm³/mol. The Morgan fingerprint density at radius 1 is 1.53 bits per heavy atom. The van der Waals surface area contributed by atoms with Crippen molar-refractivity contribution >= 4 is 35.2 Å². The summed E-state index contributed by atoms with van der Waals surface area (Å²) in [5, 5.41) is 0.751. The molecular formula is C15H20BrFOS. The van der Waals surface area contributed by atoms with Gasteiger partial charge in [-0.1, -0.05) is 40.2 Å². The van der Waals surface area contributed by atoms with Crippen molar-refractivity contribution in [2.24, 2.45) is 5.92 Å². The SMILES string of the molecule is CC(=O)C(C)(F)[C@H](c1cccc(CBr)c1)C1CC1.S. The van der Waals surface area contributed by atoms with Crippen LogP contribution in [-0.2, 0) is 10.1 Å². The van der Waals surface area contributed by atoms with Gasteiger partial charge in [-0.05, 0) is 43.7 Å². The molecule has 106 valence electrons. The van der Waals surface area contributed by atoms with Crippen molar-refractivity contribution in [2.45, 2.75) is 43.6 Å². The molecule has 1 aliphatic carbocycles.